The molecule has 2 aromatic carbocycles. The molecule has 0 aliphatic rings. The Balaban J connectivity index is 0.000000771. The van der Waals surface area contributed by atoms with E-state index in [0.29, 0.717) is 5.56 Å². The van der Waals surface area contributed by atoms with Crippen LogP contribution in [0.25, 0.3) is 11.1 Å². The predicted molar refractivity (Wildman–Crippen MR) is 67.7 cm³/mol. The van der Waals surface area contributed by atoms with Gasteiger partial charge in [0.1, 0.15) is 0 Å². The maximum absolute atomic E-state index is 13.4. The van der Waals surface area contributed by atoms with Crippen molar-refractivity contribution in [3.63, 3.8) is 0 Å². The first-order valence-corrected chi connectivity index (χ1v) is 5.30. The quantitative estimate of drug-likeness (QED) is 0.499. The van der Waals surface area contributed by atoms with Crippen LogP contribution in [0.1, 0.15) is 5.56 Å². The molecule has 0 N–H and O–H groups in total. The first-order valence-electron chi connectivity index (χ1n) is 5.30. The van der Waals surface area contributed by atoms with Crippen LogP contribution in [0.15, 0.2) is 49.6 Å². The number of aryl methyl sites for hydroxylation is 1. The average Bonchev–Trinajstić information content (AvgIpc) is 2.40. The Bertz CT molecular complexity index is 530. The Morgan fingerprint density at radius 1 is 0.778 bits per heavy atom. The van der Waals surface area contributed by atoms with E-state index in [9.17, 15) is 13.2 Å². The van der Waals surface area contributed by atoms with E-state index in [1.54, 1.807) is 24.3 Å². The van der Waals surface area contributed by atoms with E-state index in [0.717, 1.165) is 11.6 Å². The topological polar surface area (TPSA) is 0 Å². The highest BCUT2D eigenvalue weighted by Crippen LogP contribution is 2.25. The van der Waals surface area contributed by atoms with Crippen molar-refractivity contribution in [2.75, 3.05) is 0 Å². The summed E-state index contributed by atoms with van der Waals surface area (Å²) in [6.45, 7) is 7.89. The van der Waals surface area contributed by atoms with Crippen LogP contribution >= 0.6 is 0 Å². The maximum Gasteiger partial charge on any atom is 0.195 e. The SMILES string of the molecule is C=C.Cc1ccc(-c2ccc(F)c(F)c2F)cc1. The van der Waals surface area contributed by atoms with E-state index in [-0.39, 0.29) is 5.56 Å². The zero-order valence-corrected chi connectivity index (χ0v) is 10.0. The number of hydrogen-bond acceptors (Lipinski definition) is 0. The van der Waals surface area contributed by atoms with Gasteiger partial charge in [-0.2, -0.15) is 0 Å². The monoisotopic (exact) mass is 250 g/mol. The molecule has 0 saturated carbocycles. The third-order valence-corrected chi connectivity index (χ3v) is 2.40. The van der Waals surface area contributed by atoms with Gasteiger partial charge in [-0.15, -0.1) is 13.2 Å². The van der Waals surface area contributed by atoms with Crippen molar-refractivity contribution in [1.82, 2.24) is 0 Å². The molecule has 0 heterocycles. The van der Waals surface area contributed by atoms with E-state index < -0.39 is 17.5 Å². The van der Waals surface area contributed by atoms with Crippen LogP contribution in [0.4, 0.5) is 13.2 Å². The molecule has 0 unspecified atom stereocenters. The molecule has 0 atom stereocenters. The Labute approximate surface area is 104 Å². The van der Waals surface area contributed by atoms with E-state index in [4.69, 9.17) is 0 Å². The third kappa shape index (κ3) is 2.80. The molecular formula is C15H13F3. The second-order valence-electron chi connectivity index (χ2n) is 3.59. The minimum atomic E-state index is -1.43. The average molecular weight is 250 g/mol. The van der Waals surface area contributed by atoms with Gasteiger partial charge in [0.25, 0.3) is 0 Å². The second kappa shape index (κ2) is 6.05. The molecule has 0 aliphatic heterocycles. The molecular weight excluding hydrogens is 237 g/mol. The molecule has 2 aromatic rings. The molecule has 0 bridgehead atoms. The summed E-state index contributed by atoms with van der Waals surface area (Å²) >= 11 is 0. The Morgan fingerprint density at radius 3 is 1.89 bits per heavy atom. The molecule has 0 aliphatic carbocycles. The number of halogens is 3. The van der Waals surface area contributed by atoms with Gasteiger partial charge in [0.05, 0.1) is 0 Å². The van der Waals surface area contributed by atoms with Gasteiger partial charge in [-0.05, 0) is 24.6 Å². The van der Waals surface area contributed by atoms with Gasteiger partial charge in [0, 0.05) is 5.56 Å². The lowest BCUT2D eigenvalue weighted by molar-refractivity contribution is 0.449. The van der Waals surface area contributed by atoms with Crippen molar-refractivity contribution >= 4 is 0 Å². The zero-order chi connectivity index (χ0) is 13.7. The fourth-order valence-corrected chi connectivity index (χ4v) is 1.48. The van der Waals surface area contributed by atoms with E-state index in [1.807, 2.05) is 6.92 Å². The first-order chi connectivity index (χ1) is 8.59. The maximum atomic E-state index is 13.4. The lowest BCUT2D eigenvalue weighted by atomic mass is 10.0. The molecule has 0 saturated heterocycles. The predicted octanol–water partition coefficient (Wildman–Crippen LogP) is 4.88. The number of rotatable bonds is 1. The molecule has 0 radical (unpaired) electrons. The Hall–Kier alpha value is -2.03. The second-order valence-corrected chi connectivity index (χ2v) is 3.59. The smallest absolute Gasteiger partial charge is 0.195 e. The number of benzene rings is 2. The van der Waals surface area contributed by atoms with Gasteiger partial charge in [-0.1, -0.05) is 29.8 Å². The van der Waals surface area contributed by atoms with Crippen LogP contribution in [0.2, 0.25) is 0 Å². The van der Waals surface area contributed by atoms with Crippen LogP contribution in [0, 0.1) is 24.4 Å². The van der Waals surface area contributed by atoms with Crippen LogP contribution in [-0.4, -0.2) is 0 Å². The molecule has 0 aromatic heterocycles. The van der Waals surface area contributed by atoms with Crippen molar-refractivity contribution in [3.05, 3.63) is 72.6 Å². The largest absolute Gasteiger partial charge is 0.204 e. The third-order valence-electron chi connectivity index (χ3n) is 2.40. The first kappa shape index (κ1) is 14.0. The summed E-state index contributed by atoms with van der Waals surface area (Å²) in [5, 5.41) is 0. The Morgan fingerprint density at radius 2 is 1.33 bits per heavy atom. The highest BCUT2D eigenvalue weighted by atomic mass is 19.2. The van der Waals surface area contributed by atoms with Gasteiger partial charge in [-0.25, -0.2) is 13.2 Å². The molecule has 0 amide bonds. The molecule has 2 rings (SSSR count). The van der Waals surface area contributed by atoms with Gasteiger partial charge < -0.3 is 0 Å². The zero-order valence-electron chi connectivity index (χ0n) is 10.0. The number of hydrogen-bond donors (Lipinski definition) is 0. The lowest BCUT2D eigenvalue weighted by Gasteiger charge is -2.05. The minimum absolute atomic E-state index is 0.0684. The van der Waals surface area contributed by atoms with E-state index >= 15 is 0 Å². The highest BCUT2D eigenvalue weighted by Gasteiger charge is 2.14. The summed E-state index contributed by atoms with van der Waals surface area (Å²) in [7, 11) is 0. The molecule has 18 heavy (non-hydrogen) atoms. The fourth-order valence-electron chi connectivity index (χ4n) is 1.48. The van der Waals surface area contributed by atoms with Crippen LogP contribution < -0.4 is 0 Å². The van der Waals surface area contributed by atoms with Gasteiger partial charge in [-0.3, -0.25) is 0 Å². The van der Waals surface area contributed by atoms with Crippen molar-refractivity contribution < 1.29 is 13.2 Å². The van der Waals surface area contributed by atoms with E-state index in [1.165, 1.54) is 6.07 Å². The minimum Gasteiger partial charge on any atom is -0.204 e. The summed E-state index contributed by atoms with van der Waals surface area (Å²) in [4.78, 5) is 0. The summed E-state index contributed by atoms with van der Waals surface area (Å²) in [5.41, 5.74) is 1.62. The van der Waals surface area contributed by atoms with Gasteiger partial charge in [0.15, 0.2) is 17.5 Å². The van der Waals surface area contributed by atoms with Gasteiger partial charge in [0.2, 0.25) is 0 Å². The lowest BCUT2D eigenvalue weighted by Crippen LogP contribution is -1.93. The van der Waals surface area contributed by atoms with Crippen molar-refractivity contribution in [3.8, 4) is 11.1 Å². The Kier molecular flexibility index (Phi) is 4.72. The normalized spacial score (nSPS) is 9.56. The van der Waals surface area contributed by atoms with Crippen LogP contribution in [-0.2, 0) is 0 Å². The van der Waals surface area contributed by atoms with Crippen LogP contribution in [0.3, 0.4) is 0 Å². The highest BCUT2D eigenvalue weighted by molar-refractivity contribution is 5.64. The van der Waals surface area contributed by atoms with Crippen molar-refractivity contribution in [1.29, 1.82) is 0 Å². The summed E-state index contributed by atoms with van der Waals surface area (Å²) in [5.74, 6) is -3.75. The molecule has 0 nitrogen and oxygen atoms in total. The van der Waals surface area contributed by atoms with Crippen molar-refractivity contribution in [2.24, 2.45) is 0 Å². The van der Waals surface area contributed by atoms with Gasteiger partial charge >= 0.3 is 0 Å². The summed E-state index contributed by atoms with van der Waals surface area (Å²) in [6.07, 6.45) is 0. The van der Waals surface area contributed by atoms with Crippen LogP contribution in [0.5, 0.6) is 0 Å². The van der Waals surface area contributed by atoms with Crippen molar-refractivity contribution in [2.45, 2.75) is 6.92 Å². The molecule has 94 valence electrons. The molecule has 0 fully saturated rings. The standard InChI is InChI=1S/C13H9F3.C2H4/c1-8-2-4-9(5-3-8)10-6-7-11(14)13(16)12(10)15;1-2/h2-7H,1H3;1-2H2. The summed E-state index contributed by atoms with van der Waals surface area (Å²) in [6, 6.07) is 9.08. The molecule has 3 heteroatoms. The van der Waals surface area contributed by atoms with E-state index in [2.05, 4.69) is 13.2 Å². The molecule has 0 spiro atoms. The fraction of sp³-hybridized carbons (Fsp3) is 0.0667. The summed E-state index contributed by atoms with van der Waals surface area (Å²) < 4.78 is 39.2.